The third kappa shape index (κ3) is 4.72. The Labute approximate surface area is 145 Å². The minimum atomic E-state index is -1.32. The maximum absolute atomic E-state index is 10.5. The van der Waals surface area contributed by atoms with Crippen LogP contribution in [0.15, 0.2) is 78.9 Å². The number of hydrogen-bond donors (Lipinski definition) is 1. The first-order chi connectivity index (χ1) is 12.2. The molecular formula is C21H16O4. The molecule has 0 aliphatic rings. The van der Waals surface area contributed by atoms with Crippen LogP contribution < -0.4 is 9.47 Å². The van der Waals surface area contributed by atoms with Crippen LogP contribution >= 0.6 is 0 Å². The SMILES string of the molecule is O=C(O)Oc1ccc(C=Cc2ccccc2Oc2ccccc2)cc1. The van der Waals surface area contributed by atoms with Gasteiger partial charge in [0.25, 0.3) is 0 Å². The van der Waals surface area contributed by atoms with Crippen LogP contribution in [-0.2, 0) is 0 Å². The molecule has 0 bridgehead atoms. The minimum absolute atomic E-state index is 0.289. The smallest absolute Gasteiger partial charge is 0.457 e. The van der Waals surface area contributed by atoms with Crippen molar-refractivity contribution in [1.29, 1.82) is 0 Å². The summed E-state index contributed by atoms with van der Waals surface area (Å²) in [6.07, 6.45) is 2.55. The molecule has 3 aromatic rings. The second-order valence-corrected chi connectivity index (χ2v) is 5.22. The molecule has 4 nitrogen and oxygen atoms in total. The average Bonchev–Trinajstić information content (AvgIpc) is 2.63. The lowest BCUT2D eigenvalue weighted by Gasteiger charge is -2.08. The predicted octanol–water partition coefficient (Wildman–Crippen LogP) is 5.71. The Balaban J connectivity index is 1.76. The number of ether oxygens (including phenoxy) is 2. The fourth-order valence-electron chi connectivity index (χ4n) is 2.26. The molecular weight excluding hydrogens is 316 g/mol. The third-order valence-electron chi connectivity index (χ3n) is 3.43. The number of rotatable bonds is 5. The van der Waals surface area contributed by atoms with E-state index in [9.17, 15) is 4.79 Å². The number of para-hydroxylation sites is 2. The lowest BCUT2D eigenvalue weighted by molar-refractivity contribution is 0.144. The van der Waals surface area contributed by atoms with E-state index in [0.29, 0.717) is 0 Å². The van der Waals surface area contributed by atoms with Crippen molar-refractivity contribution < 1.29 is 19.4 Å². The van der Waals surface area contributed by atoms with Gasteiger partial charge in [-0.05, 0) is 35.9 Å². The molecule has 0 aliphatic heterocycles. The summed E-state index contributed by atoms with van der Waals surface area (Å²) in [4.78, 5) is 10.5. The summed E-state index contributed by atoms with van der Waals surface area (Å²) in [5.74, 6) is 1.83. The molecule has 0 spiro atoms. The van der Waals surface area contributed by atoms with Gasteiger partial charge >= 0.3 is 6.16 Å². The van der Waals surface area contributed by atoms with Crippen molar-refractivity contribution >= 4 is 18.3 Å². The second-order valence-electron chi connectivity index (χ2n) is 5.22. The Morgan fingerprint density at radius 1 is 0.760 bits per heavy atom. The van der Waals surface area contributed by atoms with E-state index >= 15 is 0 Å². The monoisotopic (exact) mass is 332 g/mol. The van der Waals surface area contributed by atoms with Gasteiger partial charge in [-0.3, -0.25) is 0 Å². The summed E-state index contributed by atoms with van der Waals surface area (Å²) in [6, 6.07) is 24.1. The van der Waals surface area contributed by atoms with Crippen molar-refractivity contribution in [1.82, 2.24) is 0 Å². The van der Waals surface area contributed by atoms with E-state index in [-0.39, 0.29) is 5.75 Å². The zero-order valence-corrected chi connectivity index (χ0v) is 13.3. The van der Waals surface area contributed by atoms with Gasteiger partial charge in [-0.15, -0.1) is 0 Å². The maximum atomic E-state index is 10.5. The molecule has 0 amide bonds. The van der Waals surface area contributed by atoms with Crippen molar-refractivity contribution in [2.24, 2.45) is 0 Å². The molecule has 124 valence electrons. The molecule has 0 saturated carbocycles. The summed E-state index contributed by atoms with van der Waals surface area (Å²) in [5.41, 5.74) is 1.87. The minimum Gasteiger partial charge on any atom is -0.457 e. The van der Waals surface area contributed by atoms with E-state index in [0.717, 1.165) is 22.6 Å². The number of hydrogen-bond acceptors (Lipinski definition) is 3. The fraction of sp³-hybridized carbons (Fsp3) is 0. The van der Waals surface area contributed by atoms with Gasteiger partial charge in [0.05, 0.1) is 0 Å². The van der Waals surface area contributed by atoms with Gasteiger partial charge in [-0.25, -0.2) is 4.79 Å². The van der Waals surface area contributed by atoms with Crippen LogP contribution in [0, 0.1) is 0 Å². The Morgan fingerprint density at radius 2 is 1.44 bits per heavy atom. The standard InChI is InChI=1S/C21H16O4/c22-21(23)25-19-14-11-16(12-15-19)10-13-17-6-4-5-9-20(17)24-18-7-2-1-3-8-18/h1-15H,(H,22,23). The highest BCUT2D eigenvalue weighted by molar-refractivity contribution is 5.73. The quantitative estimate of drug-likeness (QED) is 0.369. The van der Waals surface area contributed by atoms with Crippen LogP contribution in [0.5, 0.6) is 17.2 Å². The van der Waals surface area contributed by atoms with E-state index in [2.05, 4.69) is 4.74 Å². The van der Waals surface area contributed by atoms with Gasteiger partial charge in [-0.2, -0.15) is 0 Å². The molecule has 0 saturated heterocycles. The fourth-order valence-corrected chi connectivity index (χ4v) is 2.26. The highest BCUT2D eigenvalue weighted by Gasteiger charge is 2.02. The van der Waals surface area contributed by atoms with Crippen LogP contribution in [0.1, 0.15) is 11.1 Å². The first kappa shape index (κ1) is 16.3. The van der Waals surface area contributed by atoms with E-state index in [1.807, 2.05) is 66.7 Å². The highest BCUT2D eigenvalue weighted by Crippen LogP contribution is 2.26. The van der Waals surface area contributed by atoms with Crippen molar-refractivity contribution in [2.45, 2.75) is 0 Å². The van der Waals surface area contributed by atoms with E-state index in [4.69, 9.17) is 9.84 Å². The zero-order chi connectivity index (χ0) is 17.5. The molecule has 3 rings (SSSR count). The highest BCUT2D eigenvalue weighted by atomic mass is 16.7. The predicted molar refractivity (Wildman–Crippen MR) is 97.0 cm³/mol. The molecule has 1 N–H and O–H groups in total. The van der Waals surface area contributed by atoms with Gasteiger partial charge in [-0.1, -0.05) is 60.7 Å². The average molecular weight is 332 g/mol. The van der Waals surface area contributed by atoms with Crippen LogP contribution in [0.25, 0.3) is 12.2 Å². The van der Waals surface area contributed by atoms with Crippen molar-refractivity contribution in [3.05, 3.63) is 90.0 Å². The molecule has 0 aliphatic carbocycles. The summed E-state index contributed by atoms with van der Waals surface area (Å²) < 4.78 is 10.5. The molecule has 0 unspecified atom stereocenters. The number of carbonyl (C=O) groups is 1. The normalized spacial score (nSPS) is 10.6. The summed E-state index contributed by atoms with van der Waals surface area (Å²) >= 11 is 0. The number of benzene rings is 3. The van der Waals surface area contributed by atoms with Crippen LogP contribution in [-0.4, -0.2) is 11.3 Å². The van der Waals surface area contributed by atoms with Gasteiger partial charge < -0.3 is 14.6 Å². The molecule has 0 aromatic heterocycles. The molecule has 4 heteroatoms. The van der Waals surface area contributed by atoms with E-state index in [1.165, 1.54) is 0 Å². The molecule has 0 radical (unpaired) electrons. The van der Waals surface area contributed by atoms with Gasteiger partial charge in [0, 0.05) is 5.56 Å². The molecule has 0 heterocycles. The maximum Gasteiger partial charge on any atom is 0.511 e. The van der Waals surface area contributed by atoms with Gasteiger partial charge in [0.1, 0.15) is 17.2 Å². The first-order valence-electron chi connectivity index (χ1n) is 7.71. The first-order valence-corrected chi connectivity index (χ1v) is 7.71. The number of carboxylic acid groups (broad SMARTS) is 1. The third-order valence-corrected chi connectivity index (χ3v) is 3.43. The Hall–Kier alpha value is -3.53. The van der Waals surface area contributed by atoms with Crippen molar-refractivity contribution in [2.75, 3.05) is 0 Å². The molecule has 0 fully saturated rings. The lowest BCUT2D eigenvalue weighted by Crippen LogP contribution is -2.02. The summed E-state index contributed by atoms with van der Waals surface area (Å²) in [6.45, 7) is 0. The molecule has 3 aromatic carbocycles. The van der Waals surface area contributed by atoms with Crippen LogP contribution in [0.4, 0.5) is 4.79 Å². The molecule has 25 heavy (non-hydrogen) atoms. The summed E-state index contributed by atoms with van der Waals surface area (Å²) in [7, 11) is 0. The molecule has 0 atom stereocenters. The van der Waals surface area contributed by atoms with E-state index in [1.54, 1.807) is 24.3 Å². The summed E-state index contributed by atoms with van der Waals surface area (Å²) in [5, 5.41) is 8.59. The Bertz CT molecular complexity index is 868. The van der Waals surface area contributed by atoms with Gasteiger partial charge in [0.15, 0.2) is 0 Å². The zero-order valence-electron chi connectivity index (χ0n) is 13.3. The van der Waals surface area contributed by atoms with Crippen molar-refractivity contribution in [3.63, 3.8) is 0 Å². The lowest BCUT2D eigenvalue weighted by atomic mass is 10.1. The topological polar surface area (TPSA) is 55.8 Å². The van der Waals surface area contributed by atoms with Crippen LogP contribution in [0.3, 0.4) is 0 Å². The van der Waals surface area contributed by atoms with Crippen molar-refractivity contribution in [3.8, 4) is 17.2 Å². The van der Waals surface area contributed by atoms with E-state index < -0.39 is 6.16 Å². The Morgan fingerprint density at radius 3 is 2.16 bits per heavy atom. The largest absolute Gasteiger partial charge is 0.511 e. The van der Waals surface area contributed by atoms with Crippen LogP contribution in [0.2, 0.25) is 0 Å². The second kappa shape index (κ2) is 7.84. The Kier molecular flexibility index (Phi) is 5.12. The van der Waals surface area contributed by atoms with Gasteiger partial charge in [0.2, 0.25) is 0 Å².